The molecule has 0 unspecified atom stereocenters. The lowest BCUT2D eigenvalue weighted by atomic mass is 10.2. The molecule has 2 aromatic rings. The average Bonchev–Trinajstić information content (AvgIpc) is 3.19. The fourth-order valence-corrected chi connectivity index (χ4v) is 2.92. The number of nitrogens with one attached hydrogen (secondary N) is 1. The molecule has 0 saturated carbocycles. The Morgan fingerprint density at radius 1 is 1.48 bits per heavy atom. The second-order valence-electron chi connectivity index (χ2n) is 5.62. The maximum absolute atomic E-state index is 13.2. The summed E-state index contributed by atoms with van der Waals surface area (Å²) in [6.45, 7) is 2.09. The summed E-state index contributed by atoms with van der Waals surface area (Å²) in [6, 6.07) is 6.64. The van der Waals surface area contributed by atoms with Crippen molar-refractivity contribution in [2.24, 2.45) is 0 Å². The standard InChI is InChI=1S/C16H18ClFN4O/c17-14-10-13(2-3-15(14)18)21-8-4-12(11-21)20-16(23)5-9-22-7-1-6-19-22/h1-3,6-7,10,12H,4-5,8-9,11H2,(H,20,23)/t12-/m1/s1. The zero-order valence-corrected chi connectivity index (χ0v) is 13.3. The number of hydrogen-bond acceptors (Lipinski definition) is 3. The van der Waals surface area contributed by atoms with Gasteiger partial charge in [-0.25, -0.2) is 4.39 Å². The van der Waals surface area contributed by atoms with Crippen molar-refractivity contribution in [1.29, 1.82) is 0 Å². The van der Waals surface area contributed by atoms with Gasteiger partial charge in [0.15, 0.2) is 0 Å². The van der Waals surface area contributed by atoms with Crippen LogP contribution in [0.4, 0.5) is 10.1 Å². The first kappa shape index (κ1) is 15.8. The molecule has 2 heterocycles. The molecule has 1 aromatic carbocycles. The smallest absolute Gasteiger partial charge is 0.222 e. The van der Waals surface area contributed by atoms with Crippen molar-refractivity contribution in [2.75, 3.05) is 18.0 Å². The van der Waals surface area contributed by atoms with E-state index in [2.05, 4.69) is 15.3 Å². The highest BCUT2D eigenvalue weighted by atomic mass is 35.5. The molecule has 23 heavy (non-hydrogen) atoms. The number of carbonyl (C=O) groups is 1. The number of hydrogen-bond donors (Lipinski definition) is 1. The van der Waals surface area contributed by atoms with E-state index in [1.54, 1.807) is 23.0 Å². The van der Waals surface area contributed by atoms with Crippen LogP contribution in [-0.4, -0.2) is 34.8 Å². The molecule has 1 saturated heterocycles. The molecule has 1 atom stereocenters. The number of carbonyl (C=O) groups excluding carboxylic acids is 1. The summed E-state index contributed by atoms with van der Waals surface area (Å²) in [6.07, 6.45) is 4.80. The highest BCUT2D eigenvalue weighted by Crippen LogP contribution is 2.25. The van der Waals surface area contributed by atoms with Crippen LogP contribution in [0.5, 0.6) is 0 Å². The van der Waals surface area contributed by atoms with Crippen LogP contribution in [0.25, 0.3) is 0 Å². The lowest BCUT2D eigenvalue weighted by molar-refractivity contribution is -0.121. The van der Waals surface area contributed by atoms with E-state index in [0.717, 1.165) is 18.7 Å². The van der Waals surface area contributed by atoms with Gasteiger partial charge < -0.3 is 10.2 Å². The number of amides is 1. The van der Waals surface area contributed by atoms with Crippen molar-refractivity contribution in [3.8, 4) is 0 Å². The van der Waals surface area contributed by atoms with Crippen LogP contribution in [0.15, 0.2) is 36.7 Å². The molecule has 0 spiro atoms. The summed E-state index contributed by atoms with van der Waals surface area (Å²) in [5.41, 5.74) is 0.879. The number of aryl methyl sites for hydroxylation is 1. The molecule has 122 valence electrons. The monoisotopic (exact) mass is 336 g/mol. The third-order valence-corrected chi connectivity index (χ3v) is 4.24. The van der Waals surface area contributed by atoms with Gasteiger partial charge >= 0.3 is 0 Å². The Morgan fingerprint density at radius 2 is 2.35 bits per heavy atom. The van der Waals surface area contributed by atoms with Crippen LogP contribution in [0.2, 0.25) is 5.02 Å². The number of rotatable bonds is 5. The zero-order chi connectivity index (χ0) is 16.2. The molecular formula is C16H18ClFN4O. The van der Waals surface area contributed by atoms with Crippen LogP contribution < -0.4 is 10.2 Å². The van der Waals surface area contributed by atoms with E-state index in [0.29, 0.717) is 19.5 Å². The molecule has 7 heteroatoms. The summed E-state index contributed by atoms with van der Waals surface area (Å²) < 4.78 is 15.0. The molecule has 0 bridgehead atoms. The largest absolute Gasteiger partial charge is 0.369 e. The van der Waals surface area contributed by atoms with Crippen molar-refractivity contribution < 1.29 is 9.18 Å². The summed E-state index contributed by atoms with van der Waals surface area (Å²) in [5.74, 6) is -0.400. The summed E-state index contributed by atoms with van der Waals surface area (Å²) in [7, 11) is 0. The molecule has 5 nitrogen and oxygen atoms in total. The topological polar surface area (TPSA) is 50.2 Å². The lowest BCUT2D eigenvalue weighted by Gasteiger charge is -2.19. The third-order valence-electron chi connectivity index (χ3n) is 3.95. The van der Waals surface area contributed by atoms with Gasteiger partial charge in [-0.3, -0.25) is 9.48 Å². The molecule has 1 aromatic heterocycles. The van der Waals surface area contributed by atoms with Crippen molar-refractivity contribution in [3.63, 3.8) is 0 Å². The van der Waals surface area contributed by atoms with E-state index in [1.165, 1.54) is 6.07 Å². The number of benzene rings is 1. The molecule has 1 aliphatic rings. The third kappa shape index (κ3) is 4.01. The van der Waals surface area contributed by atoms with Gasteiger partial charge in [0.1, 0.15) is 5.82 Å². The summed E-state index contributed by atoms with van der Waals surface area (Å²) >= 11 is 5.82. The summed E-state index contributed by atoms with van der Waals surface area (Å²) in [5, 5.41) is 7.23. The normalized spacial score (nSPS) is 17.5. The Labute approximate surface area is 139 Å². The van der Waals surface area contributed by atoms with Gasteiger partial charge in [0.05, 0.1) is 5.02 Å². The fraction of sp³-hybridized carbons (Fsp3) is 0.375. The van der Waals surface area contributed by atoms with Crippen molar-refractivity contribution >= 4 is 23.2 Å². The van der Waals surface area contributed by atoms with Gasteiger partial charge in [0.25, 0.3) is 0 Å². The quantitative estimate of drug-likeness (QED) is 0.912. The first-order chi connectivity index (χ1) is 11.1. The Bertz CT molecular complexity index is 677. The maximum atomic E-state index is 13.2. The number of nitrogens with zero attached hydrogens (tertiary/aromatic N) is 3. The minimum absolute atomic E-state index is 0.0180. The fourth-order valence-electron chi connectivity index (χ4n) is 2.74. The Balaban J connectivity index is 1.49. The van der Waals surface area contributed by atoms with Crippen LogP contribution in [-0.2, 0) is 11.3 Å². The predicted octanol–water partition coefficient (Wildman–Crippen LogP) is 2.46. The van der Waals surface area contributed by atoms with Gasteiger partial charge in [0, 0.05) is 50.2 Å². The van der Waals surface area contributed by atoms with Crippen LogP contribution in [0.1, 0.15) is 12.8 Å². The average molecular weight is 337 g/mol. The minimum atomic E-state index is -0.418. The number of anilines is 1. The van der Waals surface area contributed by atoms with Crippen molar-refractivity contribution in [3.05, 3.63) is 47.5 Å². The van der Waals surface area contributed by atoms with Gasteiger partial charge in [-0.2, -0.15) is 5.10 Å². The van der Waals surface area contributed by atoms with Crippen molar-refractivity contribution in [2.45, 2.75) is 25.4 Å². The van der Waals surface area contributed by atoms with Crippen LogP contribution in [0.3, 0.4) is 0 Å². The lowest BCUT2D eigenvalue weighted by Crippen LogP contribution is -2.37. The molecule has 0 radical (unpaired) electrons. The molecule has 1 fully saturated rings. The van der Waals surface area contributed by atoms with Crippen LogP contribution >= 0.6 is 11.6 Å². The van der Waals surface area contributed by atoms with Gasteiger partial charge in [-0.15, -0.1) is 0 Å². The highest BCUT2D eigenvalue weighted by Gasteiger charge is 2.24. The number of aromatic nitrogens is 2. The van der Waals surface area contributed by atoms with Gasteiger partial charge in [-0.1, -0.05) is 11.6 Å². The van der Waals surface area contributed by atoms with Crippen LogP contribution in [0, 0.1) is 5.82 Å². The molecule has 0 aliphatic carbocycles. The minimum Gasteiger partial charge on any atom is -0.369 e. The van der Waals surface area contributed by atoms with E-state index in [4.69, 9.17) is 11.6 Å². The second kappa shape index (κ2) is 7.00. The molecule has 1 aliphatic heterocycles. The van der Waals surface area contributed by atoms with E-state index in [-0.39, 0.29) is 17.0 Å². The van der Waals surface area contributed by atoms with E-state index < -0.39 is 5.82 Å². The Kier molecular flexibility index (Phi) is 4.81. The van der Waals surface area contributed by atoms with Gasteiger partial charge in [0.2, 0.25) is 5.91 Å². The molecular weight excluding hydrogens is 319 g/mol. The first-order valence-corrected chi connectivity index (χ1v) is 7.96. The van der Waals surface area contributed by atoms with Gasteiger partial charge in [-0.05, 0) is 30.7 Å². The first-order valence-electron chi connectivity index (χ1n) is 7.58. The maximum Gasteiger partial charge on any atom is 0.222 e. The molecule has 1 N–H and O–H groups in total. The van der Waals surface area contributed by atoms with Crippen molar-refractivity contribution in [1.82, 2.24) is 15.1 Å². The number of halogens is 2. The Hall–Kier alpha value is -2.08. The van der Waals surface area contributed by atoms with E-state index in [9.17, 15) is 9.18 Å². The SMILES string of the molecule is O=C(CCn1cccn1)N[C@@H]1CCN(c2ccc(F)c(Cl)c2)C1. The second-order valence-corrected chi connectivity index (χ2v) is 6.02. The summed E-state index contributed by atoms with van der Waals surface area (Å²) in [4.78, 5) is 14.1. The van der Waals surface area contributed by atoms with E-state index >= 15 is 0 Å². The van der Waals surface area contributed by atoms with E-state index in [1.807, 2.05) is 12.3 Å². The predicted molar refractivity (Wildman–Crippen MR) is 87.0 cm³/mol. The molecule has 1 amide bonds. The highest BCUT2D eigenvalue weighted by molar-refractivity contribution is 6.31. The zero-order valence-electron chi connectivity index (χ0n) is 12.6. The Morgan fingerprint density at radius 3 is 3.09 bits per heavy atom. The molecule has 3 rings (SSSR count).